The summed E-state index contributed by atoms with van der Waals surface area (Å²) < 4.78 is 25.1. The van der Waals surface area contributed by atoms with Gasteiger partial charge in [0.15, 0.2) is 6.10 Å². The van der Waals surface area contributed by atoms with Crippen LogP contribution in [-0.2, 0) is 47.7 Å². The molecule has 1 rings (SSSR count). The van der Waals surface area contributed by atoms with Gasteiger partial charge in [0.1, 0.15) is 18.8 Å². The Bertz CT molecular complexity index is 517. The molecule has 11 heteroatoms. The summed E-state index contributed by atoms with van der Waals surface area (Å²) in [5.74, 6) is -2.11. The van der Waals surface area contributed by atoms with Crippen LogP contribution < -0.4 is 5.73 Å². The van der Waals surface area contributed by atoms with Gasteiger partial charge in [0.25, 0.3) is 6.47 Å². The van der Waals surface area contributed by atoms with Gasteiger partial charge in [0.05, 0.1) is 6.42 Å². The number of primary amides is 1. The Kier molecular flexibility index (Phi) is 13.3. The number of hydrogen-bond acceptors (Lipinski definition) is 10. The van der Waals surface area contributed by atoms with Crippen molar-refractivity contribution in [2.45, 2.75) is 66.1 Å². The molecule has 1 aliphatic rings. The molecule has 0 saturated carbocycles. The highest BCUT2D eigenvalue weighted by molar-refractivity contribution is 5.70. The standard InChI is InChI=1S/C13H18O9.C2H5NO.CH4/c1-7(15)18-5-11-13(21-9(3)17)10(19-6-14)4-12(22-11)20-8(2)16;1-2(3)4;/h6,10-13H,4-5H2,1-3H3;1H3,(H2,3,4);1H4/t10-,11-,12?,13-;;/m1../s1. The van der Waals surface area contributed by atoms with Crippen molar-refractivity contribution in [3.63, 3.8) is 0 Å². The first-order valence-corrected chi connectivity index (χ1v) is 7.55. The van der Waals surface area contributed by atoms with E-state index in [-0.39, 0.29) is 32.8 Å². The van der Waals surface area contributed by atoms with Gasteiger partial charge in [-0.25, -0.2) is 0 Å². The van der Waals surface area contributed by atoms with Gasteiger partial charge in [-0.1, -0.05) is 7.43 Å². The second-order valence-corrected chi connectivity index (χ2v) is 5.21. The molecule has 11 nitrogen and oxygen atoms in total. The third-order valence-corrected chi connectivity index (χ3v) is 2.76. The maximum Gasteiger partial charge on any atom is 0.304 e. The van der Waals surface area contributed by atoms with Gasteiger partial charge < -0.3 is 29.4 Å². The molecular formula is C16H27NO10. The van der Waals surface area contributed by atoms with Gasteiger partial charge in [0.2, 0.25) is 12.2 Å². The predicted molar refractivity (Wildman–Crippen MR) is 89.8 cm³/mol. The van der Waals surface area contributed by atoms with Crippen LogP contribution in [0.25, 0.3) is 0 Å². The van der Waals surface area contributed by atoms with Crippen LogP contribution in [-0.4, -0.2) is 61.5 Å². The molecule has 27 heavy (non-hydrogen) atoms. The molecule has 2 N–H and O–H groups in total. The number of carbonyl (C=O) groups excluding carboxylic acids is 5. The van der Waals surface area contributed by atoms with E-state index in [2.05, 4.69) is 5.73 Å². The minimum atomic E-state index is -1.00. The van der Waals surface area contributed by atoms with E-state index in [0.29, 0.717) is 0 Å². The Morgan fingerprint density at radius 3 is 1.96 bits per heavy atom. The molecule has 1 saturated heterocycles. The van der Waals surface area contributed by atoms with Crippen molar-refractivity contribution in [2.75, 3.05) is 6.61 Å². The summed E-state index contributed by atoms with van der Waals surface area (Å²) in [6.45, 7) is 4.83. The minimum absolute atomic E-state index is 0. The molecule has 0 bridgehead atoms. The lowest BCUT2D eigenvalue weighted by molar-refractivity contribution is -0.258. The number of amides is 1. The topological polar surface area (TPSA) is 158 Å². The first-order chi connectivity index (χ1) is 12.1. The summed E-state index contributed by atoms with van der Waals surface area (Å²) >= 11 is 0. The SMILES string of the molecule is C.CC(=O)OC[C@H]1OC(OC(C)=O)C[C@@H](OC=O)[C@H]1OC(C)=O.CC(N)=O. The molecule has 0 aromatic heterocycles. The number of rotatable bonds is 6. The first kappa shape index (κ1) is 26.5. The molecule has 1 fully saturated rings. The summed E-state index contributed by atoms with van der Waals surface area (Å²) in [6.07, 6.45) is -3.81. The molecule has 0 aromatic rings. The zero-order chi connectivity index (χ0) is 20.3. The fraction of sp³-hybridized carbons (Fsp3) is 0.688. The van der Waals surface area contributed by atoms with Gasteiger partial charge in [-0.3, -0.25) is 24.0 Å². The van der Waals surface area contributed by atoms with Gasteiger partial charge in [0, 0.05) is 27.7 Å². The smallest absolute Gasteiger partial charge is 0.304 e. The highest BCUT2D eigenvalue weighted by Gasteiger charge is 2.44. The van der Waals surface area contributed by atoms with Gasteiger partial charge in [-0.2, -0.15) is 0 Å². The second-order valence-electron chi connectivity index (χ2n) is 5.21. The van der Waals surface area contributed by atoms with Crippen LogP contribution in [0.5, 0.6) is 0 Å². The van der Waals surface area contributed by atoms with Crippen molar-refractivity contribution < 1.29 is 47.7 Å². The lowest BCUT2D eigenvalue weighted by Gasteiger charge is -2.38. The molecule has 4 atom stereocenters. The fourth-order valence-electron chi connectivity index (χ4n) is 2.03. The largest absolute Gasteiger partial charge is 0.463 e. The first-order valence-electron chi connectivity index (χ1n) is 7.55. The Labute approximate surface area is 157 Å². The third kappa shape index (κ3) is 12.3. The minimum Gasteiger partial charge on any atom is -0.463 e. The molecule has 0 radical (unpaired) electrons. The van der Waals surface area contributed by atoms with E-state index in [0.717, 1.165) is 0 Å². The van der Waals surface area contributed by atoms with E-state index in [9.17, 15) is 24.0 Å². The number of esters is 3. The van der Waals surface area contributed by atoms with Crippen LogP contribution in [0.4, 0.5) is 0 Å². The van der Waals surface area contributed by atoms with Crippen molar-refractivity contribution in [1.82, 2.24) is 0 Å². The van der Waals surface area contributed by atoms with E-state index >= 15 is 0 Å². The zero-order valence-electron chi connectivity index (χ0n) is 15.0. The molecule has 1 heterocycles. The molecule has 1 aliphatic heterocycles. The van der Waals surface area contributed by atoms with Crippen LogP contribution >= 0.6 is 0 Å². The zero-order valence-corrected chi connectivity index (χ0v) is 15.0. The van der Waals surface area contributed by atoms with Gasteiger partial charge in [-0.15, -0.1) is 0 Å². The van der Waals surface area contributed by atoms with E-state index in [1.807, 2.05) is 0 Å². The summed E-state index contributed by atoms with van der Waals surface area (Å²) in [5, 5.41) is 0. The molecule has 1 unspecified atom stereocenters. The molecule has 1 amide bonds. The summed E-state index contributed by atoms with van der Waals surface area (Å²) in [5.41, 5.74) is 4.47. The fourth-order valence-corrected chi connectivity index (χ4v) is 2.03. The van der Waals surface area contributed by atoms with Gasteiger partial charge >= 0.3 is 17.9 Å². The number of nitrogens with two attached hydrogens (primary N) is 1. The van der Waals surface area contributed by atoms with E-state index in [4.69, 9.17) is 23.7 Å². The van der Waals surface area contributed by atoms with Crippen LogP contribution in [0.2, 0.25) is 0 Å². The maximum atomic E-state index is 11.2. The van der Waals surface area contributed by atoms with Crippen LogP contribution in [0.1, 0.15) is 41.5 Å². The quantitative estimate of drug-likeness (QED) is 0.365. The monoisotopic (exact) mass is 393 g/mol. The summed E-state index contributed by atoms with van der Waals surface area (Å²) in [7, 11) is 0. The van der Waals surface area contributed by atoms with Crippen molar-refractivity contribution in [1.29, 1.82) is 0 Å². The molecule has 0 aliphatic carbocycles. The third-order valence-electron chi connectivity index (χ3n) is 2.76. The lowest BCUT2D eigenvalue weighted by Crippen LogP contribution is -2.54. The predicted octanol–water partition coefficient (Wildman–Crippen LogP) is -0.171. The summed E-state index contributed by atoms with van der Waals surface area (Å²) in [4.78, 5) is 53.0. The maximum absolute atomic E-state index is 11.2. The Balaban J connectivity index is 0. The number of carbonyl (C=O) groups is 5. The molecule has 156 valence electrons. The van der Waals surface area contributed by atoms with Gasteiger partial charge in [-0.05, 0) is 0 Å². The molecule has 0 aromatic carbocycles. The summed E-state index contributed by atoms with van der Waals surface area (Å²) in [6, 6.07) is 0. The van der Waals surface area contributed by atoms with Crippen LogP contribution in [0, 0.1) is 0 Å². The number of ether oxygens (including phenoxy) is 5. The normalized spacial score (nSPS) is 23.3. The van der Waals surface area contributed by atoms with Crippen LogP contribution in [0.3, 0.4) is 0 Å². The van der Waals surface area contributed by atoms with Crippen molar-refractivity contribution in [3.8, 4) is 0 Å². The Morgan fingerprint density at radius 1 is 1.04 bits per heavy atom. The highest BCUT2D eigenvalue weighted by atomic mass is 16.7. The van der Waals surface area contributed by atoms with Crippen molar-refractivity contribution in [2.24, 2.45) is 5.73 Å². The van der Waals surface area contributed by atoms with Crippen molar-refractivity contribution >= 4 is 30.3 Å². The second kappa shape index (κ2) is 13.5. The lowest BCUT2D eigenvalue weighted by atomic mass is 10.0. The van der Waals surface area contributed by atoms with Crippen LogP contribution in [0.15, 0.2) is 0 Å². The van der Waals surface area contributed by atoms with E-state index < -0.39 is 42.5 Å². The highest BCUT2D eigenvalue weighted by Crippen LogP contribution is 2.26. The Morgan fingerprint density at radius 2 is 1.56 bits per heavy atom. The average molecular weight is 393 g/mol. The van der Waals surface area contributed by atoms with E-state index in [1.165, 1.54) is 27.7 Å². The van der Waals surface area contributed by atoms with E-state index in [1.54, 1.807) is 0 Å². The Hall–Kier alpha value is -2.69. The number of hydrogen-bond donors (Lipinski definition) is 1. The van der Waals surface area contributed by atoms with Crippen molar-refractivity contribution in [3.05, 3.63) is 0 Å². The molecular weight excluding hydrogens is 366 g/mol. The average Bonchev–Trinajstić information content (AvgIpc) is 2.46. The molecule has 0 spiro atoms.